The fraction of sp³-hybridized carbons (Fsp3) is 0.480. The van der Waals surface area contributed by atoms with Crippen LogP contribution >= 0.6 is 0 Å². The van der Waals surface area contributed by atoms with E-state index in [0.29, 0.717) is 31.2 Å². The first kappa shape index (κ1) is 21.6. The van der Waals surface area contributed by atoms with E-state index < -0.39 is 15.9 Å². The standard InChI is InChI=1S/C25H29FN2O3S/c1-32(30,31)22-7-4-18-10-13-28(24(29)14-20-16-27-11-8-17(20)9-12-27)25(23(18)15-22)19-2-5-21(26)6-3-19/h2-7,15,17,20,25H,8-14,16H2,1H3/t20-,25-/m1/s1. The molecule has 1 amide bonds. The quantitative estimate of drug-likeness (QED) is 0.707. The van der Waals surface area contributed by atoms with E-state index in [0.717, 1.165) is 36.3 Å². The largest absolute Gasteiger partial charge is 0.331 e. The maximum atomic E-state index is 13.7. The molecule has 6 rings (SSSR count). The molecule has 2 bridgehead atoms. The lowest BCUT2D eigenvalue weighted by Crippen LogP contribution is -2.49. The van der Waals surface area contributed by atoms with E-state index >= 15 is 0 Å². The van der Waals surface area contributed by atoms with Gasteiger partial charge in [0, 0.05) is 25.8 Å². The molecular weight excluding hydrogens is 427 g/mol. The third-order valence-electron chi connectivity index (χ3n) is 7.51. The average Bonchev–Trinajstić information content (AvgIpc) is 2.79. The summed E-state index contributed by atoms with van der Waals surface area (Å²) in [5, 5.41) is 0. The summed E-state index contributed by atoms with van der Waals surface area (Å²) in [4.78, 5) is 18.2. The molecule has 170 valence electrons. The molecule has 2 aromatic rings. The second-order valence-electron chi connectivity index (χ2n) is 9.53. The number of piperidine rings is 3. The molecule has 0 unspecified atom stereocenters. The molecule has 32 heavy (non-hydrogen) atoms. The van der Waals surface area contributed by atoms with Gasteiger partial charge >= 0.3 is 0 Å². The van der Waals surface area contributed by atoms with Crippen molar-refractivity contribution < 1.29 is 17.6 Å². The van der Waals surface area contributed by atoms with Gasteiger partial charge in [-0.2, -0.15) is 0 Å². The van der Waals surface area contributed by atoms with Gasteiger partial charge in [-0.05, 0) is 85.1 Å². The number of carbonyl (C=O) groups excluding carboxylic acids is 1. The molecule has 0 N–H and O–H groups in total. The molecule has 3 fully saturated rings. The van der Waals surface area contributed by atoms with E-state index in [4.69, 9.17) is 0 Å². The van der Waals surface area contributed by atoms with Crippen LogP contribution in [-0.2, 0) is 21.1 Å². The van der Waals surface area contributed by atoms with Gasteiger partial charge in [-0.1, -0.05) is 18.2 Å². The van der Waals surface area contributed by atoms with Crippen molar-refractivity contribution in [2.75, 3.05) is 32.4 Å². The van der Waals surface area contributed by atoms with Crippen LogP contribution < -0.4 is 0 Å². The summed E-state index contributed by atoms with van der Waals surface area (Å²) in [6, 6.07) is 11.0. The number of hydrogen-bond acceptors (Lipinski definition) is 4. The minimum atomic E-state index is -3.38. The van der Waals surface area contributed by atoms with Crippen LogP contribution in [0.15, 0.2) is 47.4 Å². The van der Waals surface area contributed by atoms with Gasteiger partial charge in [0.2, 0.25) is 5.91 Å². The minimum absolute atomic E-state index is 0.105. The minimum Gasteiger partial charge on any atom is -0.331 e. The molecule has 0 spiro atoms. The summed E-state index contributed by atoms with van der Waals surface area (Å²) in [7, 11) is -3.38. The summed E-state index contributed by atoms with van der Waals surface area (Å²) in [5.74, 6) is 0.762. The Balaban J connectivity index is 1.50. The van der Waals surface area contributed by atoms with E-state index in [1.807, 2.05) is 11.0 Å². The Hall–Kier alpha value is -2.25. The van der Waals surface area contributed by atoms with Crippen LogP contribution in [0.4, 0.5) is 4.39 Å². The smallest absolute Gasteiger partial charge is 0.223 e. The number of carbonyl (C=O) groups is 1. The number of nitrogens with zero attached hydrogens (tertiary/aromatic N) is 2. The van der Waals surface area contributed by atoms with Crippen LogP contribution in [0.1, 0.15) is 42.0 Å². The van der Waals surface area contributed by atoms with Crippen LogP contribution in [0.2, 0.25) is 0 Å². The van der Waals surface area contributed by atoms with Crippen molar-refractivity contribution in [1.29, 1.82) is 0 Å². The van der Waals surface area contributed by atoms with Crippen molar-refractivity contribution in [2.24, 2.45) is 11.8 Å². The zero-order valence-corrected chi connectivity index (χ0v) is 19.2. The number of halogens is 1. The highest BCUT2D eigenvalue weighted by Gasteiger charge is 2.38. The number of fused-ring (bicyclic) bond motifs is 4. The Labute approximate surface area is 189 Å². The topological polar surface area (TPSA) is 57.7 Å². The van der Waals surface area contributed by atoms with Crippen molar-refractivity contribution in [2.45, 2.75) is 36.6 Å². The molecule has 2 atom stereocenters. The van der Waals surface area contributed by atoms with Crippen molar-refractivity contribution in [1.82, 2.24) is 9.80 Å². The van der Waals surface area contributed by atoms with Crippen molar-refractivity contribution >= 4 is 15.7 Å². The lowest BCUT2D eigenvalue weighted by molar-refractivity contribution is -0.136. The zero-order valence-electron chi connectivity index (χ0n) is 18.3. The van der Waals surface area contributed by atoms with E-state index in [1.165, 1.54) is 31.2 Å². The Morgan fingerprint density at radius 1 is 1.06 bits per heavy atom. The first-order valence-corrected chi connectivity index (χ1v) is 13.3. The molecule has 4 aliphatic heterocycles. The van der Waals surface area contributed by atoms with Crippen LogP contribution in [0, 0.1) is 17.7 Å². The molecule has 5 nitrogen and oxygen atoms in total. The fourth-order valence-corrected chi connectivity index (χ4v) is 6.41. The summed E-state index contributed by atoms with van der Waals surface area (Å²) in [6.07, 6.45) is 4.73. The van der Waals surface area contributed by atoms with Crippen molar-refractivity contribution in [3.05, 3.63) is 65.0 Å². The summed E-state index contributed by atoms with van der Waals surface area (Å²) < 4.78 is 38.1. The molecule has 3 saturated heterocycles. The van der Waals surface area contributed by atoms with Gasteiger partial charge < -0.3 is 9.80 Å². The SMILES string of the molecule is CS(=O)(=O)c1ccc2c(c1)[C@@H](c1ccc(F)cc1)N(C(=O)C[C@@H]1CN3CCC1CC3)CC2. The first-order valence-electron chi connectivity index (χ1n) is 11.4. The van der Waals surface area contributed by atoms with Gasteiger partial charge in [-0.25, -0.2) is 12.8 Å². The maximum absolute atomic E-state index is 13.7. The monoisotopic (exact) mass is 456 g/mol. The van der Waals surface area contributed by atoms with Crippen molar-refractivity contribution in [3.8, 4) is 0 Å². The summed E-state index contributed by atoms with van der Waals surface area (Å²) in [6.45, 7) is 3.84. The van der Waals surface area contributed by atoms with Crippen LogP contribution in [0.25, 0.3) is 0 Å². The van der Waals surface area contributed by atoms with E-state index in [2.05, 4.69) is 4.90 Å². The fourth-order valence-electron chi connectivity index (χ4n) is 5.76. The van der Waals surface area contributed by atoms with Gasteiger partial charge in [0.05, 0.1) is 10.9 Å². The van der Waals surface area contributed by atoms with Gasteiger partial charge in [0.25, 0.3) is 0 Å². The number of hydrogen-bond donors (Lipinski definition) is 0. The third kappa shape index (κ3) is 4.08. The molecule has 2 aromatic carbocycles. The molecular formula is C25H29FN2O3S. The number of rotatable bonds is 4. The number of benzene rings is 2. The third-order valence-corrected chi connectivity index (χ3v) is 8.62. The normalized spacial score (nSPS) is 27.2. The highest BCUT2D eigenvalue weighted by molar-refractivity contribution is 7.90. The number of sulfone groups is 1. The molecule has 0 radical (unpaired) electrons. The van der Waals surface area contributed by atoms with E-state index in [1.54, 1.807) is 24.3 Å². The van der Waals surface area contributed by atoms with Gasteiger partial charge in [0.15, 0.2) is 9.84 Å². The Kier molecular flexibility index (Phi) is 5.58. The van der Waals surface area contributed by atoms with Crippen LogP contribution in [-0.4, -0.2) is 56.6 Å². The Bertz CT molecular complexity index is 1120. The highest BCUT2D eigenvalue weighted by atomic mass is 32.2. The summed E-state index contributed by atoms with van der Waals surface area (Å²) >= 11 is 0. The lowest BCUT2D eigenvalue weighted by atomic mass is 9.77. The molecule has 0 aromatic heterocycles. The predicted molar refractivity (Wildman–Crippen MR) is 120 cm³/mol. The Morgan fingerprint density at radius 3 is 2.41 bits per heavy atom. The first-order chi connectivity index (χ1) is 15.3. The average molecular weight is 457 g/mol. The molecule has 4 aliphatic rings. The van der Waals surface area contributed by atoms with Gasteiger partial charge in [0.1, 0.15) is 5.82 Å². The highest BCUT2D eigenvalue weighted by Crippen LogP contribution is 2.39. The van der Waals surface area contributed by atoms with Gasteiger partial charge in [-0.3, -0.25) is 4.79 Å². The number of amides is 1. The predicted octanol–water partition coefficient (Wildman–Crippen LogP) is 3.44. The second-order valence-corrected chi connectivity index (χ2v) is 11.5. The maximum Gasteiger partial charge on any atom is 0.223 e. The zero-order chi connectivity index (χ0) is 22.5. The van der Waals surface area contributed by atoms with Crippen LogP contribution in [0.3, 0.4) is 0 Å². The Morgan fingerprint density at radius 2 is 1.78 bits per heavy atom. The lowest BCUT2D eigenvalue weighted by Gasteiger charge is -2.46. The molecule has 7 heteroatoms. The summed E-state index contributed by atoms with van der Waals surface area (Å²) in [5.41, 5.74) is 2.67. The van der Waals surface area contributed by atoms with E-state index in [9.17, 15) is 17.6 Å². The van der Waals surface area contributed by atoms with Gasteiger partial charge in [-0.15, -0.1) is 0 Å². The van der Waals surface area contributed by atoms with Crippen molar-refractivity contribution in [3.63, 3.8) is 0 Å². The molecule has 0 saturated carbocycles. The van der Waals surface area contributed by atoms with E-state index in [-0.39, 0.29) is 16.6 Å². The second kappa shape index (κ2) is 8.27. The molecule has 4 heterocycles. The molecule has 0 aliphatic carbocycles. The van der Waals surface area contributed by atoms with Crippen LogP contribution in [0.5, 0.6) is 0 Å².